The Labute approximate surface area is 275 Å². The second-order valence-corrected chi connectivity index (χ2v) is 12.8. The first kappa shape index (κ1) is 42.4. The summed E-state index contributed by atoms with van der Waals surface area (Å²) in [5.41, 5.74) is 0. The topological polar surface area (TPSA) is 94.2 Å². The summed E-state index contributed by atoms with van der Waals surface area (Å²) in [6.07, 6.45) is 21.0. The second kappa shape index (κ2) is 26.6. The molecule has 0 aromatic rings. The number of imide groups is 1. The van der Waals surface area contributed by atoms with Gasteiger partial charge in [0.25, 0.3) is 0 Å². The van der Waals surface area contributed by atoms with Gasteiger partial charge in [-0.2, -0.15) is 0 Å². The predicted molar refractivity (Wildman–Crippen MR) is 173 cm³/mol. The van der Waals surface area contributed by atoms with E-state index in [1.165, 1.54) is 109 Å². The van der Waals surface area contributed by atoms with Crippen molar-refractivity contribution in [2.75, 3.05) is 53.6 Å². The van der Waals surface area contributed by atoms with Crippen LogP contribution in [-0.2, 0) is 19.0 Å². The Kier molecular flexibility index (Phi) is 25.7. The molecule has 0 aliphatic carbocycles. The predicted octanol–water partition coefficient (Wildman–Crippen LogP) is 4.61. The van der Waals surface area contributed by atoms with E-state index in [9.17, 15) is 14.4 Å². The number of carbonyl (C=O) groups is 3. The van der Waals surface area contributed by atoms with Crippen molar-refractivity contribution in [1.29, 1.82) is 0 Å². The zero-order valence-corrected chi connectivity index (χ0v) is 29.6. The molecule has 1 fully saturated rings. The molecule has 0 aromatic heterocycles. The first-order chi connectivity index (χ1) is 20.8. The number of halogens is 1. The molecule has 0 bridgehead atoms. The Balaban J connectivity index is 0.0000185. The zero-order chi connectivity index (χ0) is 31.8. The van der Waals surface area contributed by atoms with E-state index in [-0.39, 0.29) is 37.6 Å². The summed E-state index contributed by atoms with van der Waals surface area (Å²) in [6.45, 7) is 8.94. The lowest BCUT2D eigenvalue weighted by atomic mass is 10.0. The number of hydrogen-bond donors (Lipinski definition) is 1. The minimum atomic E-state index is -0.669. The number of rotatable bonds is 24. The van der Waals surface area contributed by atoms with E-state index >= 15 is 0 Å². The fourth-order valence-electron chi connectivity index (χ4n) is 5.93. The van der Waals surface area contributed by atoms with Crippen LogP contribution in [0.1, 0.15) is 136 Å². The number of methoxy groups -OCH3 is 1. The number of nitrogens with one attached hydrogen (secondary N) is 1. The number of nitrogens with zero attached hydrogens (tertiary/aromatic N) is 2. The van der Waals surface area contributed by atoms with Crippen LogP contribution in [0, 0.1) is 0 Å². The number of ether oxygens (including phenoxy) is 3. The van der Waals surface area contributed by atoms with Crippen LogP contribution in [0.2, 0.25) is 0 Å². The highest BCUT2D eigenvalue weighted by Crippen LogP contribution is 2.22. The fraction of sp³-hybridized carbons (Fsp3) is 0.912. The number of piperidine rings is 1. The number of amides is 3. The average molecular weight is 648 g/mol. The molecule has 44 heavy (non-hydrogen) atoms. The minimum Gasteiger partial charge on any atom is -1.00 e. The molecule has 1 heterocycles. The van der Waals surface area contributed by atoms with Crippen molar-refractivity contribution in [3.63, 3.8) is 0 Å². The van der Waals surface area contributed by atoms with E-state index in [1.54, 1.807) is 0 Å². The van der Waals surface area contributed by atoms with E-state index in [0.717, 1.165) is 49.8 Å². The number of quaternary nitrogens is 1. The van der Waals surface area contributed by atoms with Gasteiger partial charge in [0.15, 0.2) is 0 Å². The maximum absolute atomic E-state index is 12.8. The molecule has 1 saturated heterocycles. The van der Waals surface area contributed by atoms with Gasteiger partial charge in [0.05, 0.1) is 32.7 Å². The molecule has 0 aromatic carbocycles. The Bertz CT molecular complexity index is 759. The average Bonchev–Trinajstić information content (AvgIpc) is 2.98. The number of hydrogen-bond acceptors (Lipinski definition) is 6. The Hall–Kier alpha value is -1.58. The van der Waals surface area contributed by atoms with Gasteiger partial charge in [0.2, 0.25) is 5.91 Å². The van der Waals surface area contributed by atoms with E-state index in [4.69, 9.17) is 14.2 Å². The fourth-order valence-corrected chi connectivity index (χ4v) is 5.93. The van der Waals surface area contributed by atoms with Crippen LogP contribution in [0.3, 0.4) is 0 Å². The summed E-state index contributed by atoms with van der Waals surface area (Å²) < 4.78 is 16.9. The maximum Gasteiger partial charge on any atom is 0.417 e. The molecule has 1 rings (SSSR count). The van der Waals surface area contributed by atoms with E-state index in [0.29, 0.717) is 6.54 Å². The van der Waals surface area contributed by atoms with Gasteiger partial charge in [0.1, 0.15) is 19.3 Å². The summed E-state index contributed by atoms with van der Waals surface area (Å²) in [6, 6.07) is -0.184. The molecule has 1 aliphatic heterocycles. The highest BCUT2D eigenvalue weighted by molar-refractivity contribution is 5.91. The van der Waals surface area contributed by atoms with E-state index in [1.807, 2.05) is 0 Å². The largest absolute Gasteiger partial charge is 1.00 e. The highest BCUT2D eigenvalue weighted by Gasteiger charge is 2.38. The molecule has 1 N–H and O–H groups in total. The summed E-state index contributed by atoms with van der Waals surface area (Å²) in [7, 11) is 3.63. The maximum atomic E-state index is 12.8. The molecule has 0 spiro atoms. The van der Waals surface area contributed by atoms with Crippen LogP contribution in [0.25, 0.3) is 0 Å². The summed E-state index contributed by atoms with van der Waals surface area (Å²) >= 11 is 0. The first-order valence-corrected chi connectivity index (χ1v) is 17.5. The molecule has 0 saturated carbocycles. The summed E-state index contributed by atoms with van der Waals surface area (Å²) in [5.74, 6) is -0.321. The normalized spacial score (nSPS) is 18.6. The van der Waals surface area contributed by atoms with Gasteiger partial charge in [-0.3, -0.25) is 4.79 Å². The Morgan fingerprint density at radius 1 is 0.818 bits per heavy atom. The third kappa shape index (κ3) is 19.7. The first-order valence-electron chi connectivity index (χ1n) is 17.5. The monoisotopic (exact) mass is 647 g/mol. The van der Waals surface area contributed by atoms with Gasteiger partial charge in [0, 0.05) is 20.6 Å². The third-order valence-electron chi connectivity index (χ3n) is 8.98. The highest BCUT2D eigenvalue weighted by atomic mass is 35.5. The third-order valence-corrected chi connectivity index (χ3v) is 8.98. The minimum absolute atomic E-state index is 0. The van der Waals surface area contributed by atoms with Crippen LogP contribution in [0.15, 0.2) is 0 Å². The van der Waals surface area contributed by atoms with Crippen molar-refractivity contribution in [3.05, 3.63) is 0 Å². The van der Waals surface area contributed by atoms with Crippen molar-refractivity contribution in [3.8, 4) is 0 Å². The zero-order valence-electron chi connectivity index (χ0n) is 28.8. The van der Waals surface area contributed by atoms with Crippen LogP contribution in [-0.4, -0.2) is 93.2 Å². The van der Waals surface area contributed by atoms with Crippen LogP contribution in [0.4, 0.5) is 9.59 Å². The van der Waals surface area contributed by atoms with Gasteiger partial charge < -0.3 is 36.4 Å². The second-order valence-electron chi connectivity index (χ2n) is 12.8. The van der Waals surface area contributed by atoms with Crippen LogP contribution >= 0.6 is 0 Å². The quantitative estimate of drug-likeness (QED) is 0.122. The van der Waals surface area contributed by atoms with Gasteiger partial charge in [-0.25, -0.2) is 14.5 Å². The van der Waals surface area contributed by atoms with Crippen LogP contribution in [0.5, 0.6) is 0 Å². The molecule has 1 aliphatic rings. The summed E-state index contributed by atoms with van der Waals surface area (Å²) in [5, 5.41) is 2.79. The molecular formula is C34H66ClN3O6. The van der Waals surface area contributed by atoms with Gasteiger partial charge in [-0.05, 0) is 26.2 Å². The number of carbonyl (C=O) groups excluding carboxylic acids is 3. The Morgan fingerprint density at radius 2 is 1.32 bits per heavy atom. The number of alkyl carbamates (subject to hydrolysis) is 1. The van der Waals surface area contributed by atoms with Crippen LogP contribution < -0.4 is 17.7 Å². The molecule has 3 amide bonds. The van der Waals surface area contributed by atoms with Crippen molar-refractivity contribution >= 4 is 18.1 Å². The van der Waals surface area contributed by atoms with Crippen molar-refractivity contribution in [2.24, 2.45) is 0 Å². The summed E-state index contributed by atoms with van der Waals surface area (Å²) in [4.78, 5) is 38.5. The van der Waals surface area contributed by atoms with Gasteiger partial charge >= 0.3 is 12.2 Å². The molecule has 10 heteroatoms. The van der Waals surface area contributed by atoms with Crippen molar-refractivity contribution in [2.45, 2.75) is 148 Å². The number of unbranched alkanes of at least 4 members (excludes halogenated alkanes) is 15. The smallest absolute Gasteiger partial charge is 0.417 e. The molecule has 3 unspecified atom stereocenters. The molecule has 3 atom stereocenters. The number of likely N-dealkylation sites (tertiary alicyclic amines) is 1. The lowest BCUT2D eigenvalue weighted by Crippen LogP contribution is -3.00. The SMILES string of the molecule is CCCCCCCCCCCCCCCCCCNC(=O)OCC(COC(=O)N(C(C)=O)C1CCC[N+](C)(CC)C1)OC.[Cl-]. The standard InChI is InChI=1S/C34H65N3O6.ClH/c1-6-8-9-10-11-12-13-14-15-16-17-18-19-20-21-22-25-35-33(39)42-28-32(41-5)29-43-34(40)36(30(3)38)31-24-23-26-37(4,7-2)27-31;/h31-32H,6-29H2,1-5H3;1H. The van der Waals surface area contributed by atoms with E-state index in [2.05, 4.69) is 26.2 Å². The molecular weight excluding hydrogens is 582 g/mol. The van der Waals surface area contributed by atoms with Gasteiger partial charge in [-0.15, -0.1) is 0 Å². The lowest BCUT2D eigenvalue weighted by molar-refractivity contribution is -0.914. The van der Waals surface area contributed by atoms with E-state index < -0.39 is 18.3 Å². The molecule has 0 radical (unpaired) electrons. The Morgan fingerprint density at radius 3 is 1.80 bits per heavy atom. The molecule has 260 valence electrons. The van der Waals surface area contributed by atoms with Crippen molar-refractivity contribution in [1.82, 2.24) is 10.2 Å². The molecule has 9 nitrogen and oxygen atoms in total. The van der Waals surface area contributed by atoms with Crippen molar-refractivity contribution < 1.29 is 45.5 Å². The van der Waals surface area contributed by atoms with Gasteiger partial charge in [-0.1, -0.05) is 103 Å². The number of likely N-dealkylation sites (N-methyl/N-ethyl adjacent to an activating group) is 1. The lowest BCUT2D eigenvalue weighted by Gasteiger charge is -2.43.